The molecule has 12 nitrogen and oxygen atoms in total. The highest BCUT2D eigenvalue weighted by atomic mass is 16.5. The predicted molar refractivity (Wildman–Crippen MR) is 149 cm³/mol. The smallest absolute Gasteiger partial charge is 0.255 e. The average molecular weight is 566 g/mol. The molecule has 218 valence electrons. The van der Waals surface area contributed by atoms with E-state index in [1.54, 1.807) is 49.6 Å². The van der Waals surface area contributed by atoms with Crippen molar-refractivity contribution in [1.82, 2.24) is 20.9 Å². The van der Waals surface area contributed by atoms with E-state index < -0.39 is 11.9 Å². The number of carbonyl (C=O) groups excluding carboxylic acids is 5. The summed E-state index contributed by atoms with van der Waals surface area (Å²) in [6, 6.07) is 11.3. The standard InChI is InChI=1S/C29H35N5O7/c1-40-20-6-2-5-19(17-20)27(37)31-14-16-41-15-13-30-12-4-9-25(35)32-23-8-3-7-21-22(23)18-34(29(21)39)24-10-11-26(36)33-28(24)38/h2-3,5-8,17,24,30H,4,9-16,18H2,1H3,(H,31,37)(H,32,35)(H,33,36,38). The van der Waals surface area contributed by atoms with E-state index in [0.29, 0.717) is 73.8 Å². The number of amides is 5. The van der Waals surface area contributed by atoms with Crippen molar-refractivity contribution in [3.8, 4) is 5.75 Å². The fraction of sp³-hybridized carbons (Fsp3) is 0.414. The highest BCUT2D eigenvalue weighted by Gasteiger charge is 2.39. The maximum Gasteiger partial charge on any atom is 0.255 e. The third kappa shape index (κ3) is 7.89. The molecule has 5 amide bonds. The van der Waals surface area contributed by atoms with Gasteiger partial charge >= 0.3 is 0 Å². The molecule has 4 rings (SSSR count). The Kier molecular flexibility index (Phi) is 10.4. The molecule has 12 heteroatoms. The molecule has 1 atom stereocenters. The minimum Gasteiger partial charge on any atom is -0.497 e. The fourth-order valence-electron chi connectivity index (χ4n) is 4.76. The van der Waals surface area contributed by atoms with E-state index in [1.807, 2.05) is 0 Å². The Morgan fingerprint density at radius 1 is 1.05 bits per heavy atom. The van der Waals surface area contributed by atoms with Crippen LogP contribution in [0, 0.1) is 0 Å². The Morgan fingerprint density at radius 2 is 1.85 bits per heavy atom. The SMILES string of the molecule is COc1cccc(C(=O)NCCOCCNCCCC(=O)Nc2cccc3c2CN(C2CCC(=O)NC2=O)C3=O)c1. The molecule has 0 aromatic heterocycles. The Labute approximate surface area is 238 Å². The number of imide groups is 1. The van der Waals surface area contributed by atoms with Gasteiger partial charge < -0.3 is 30.3 Å². The molecule has 0 radical (unpaired) electrons. The summed E-state index contributed by atoms with van der Waals surface area (Å²) in [7, 11) is 1.55. The van der Waals surface area contributed by atoms with Gasteiger partial charge in [-0.15, -0.1) is 0 Å². The Bertz CT molecular complexity index is 1300. The molecule has 1 saturated heterocycles. The minimum absolute atomic E-state index is 0.171. The molecular formula is C29H35N5O7. The van der Waals surface area contributed by atoms with Crippen LogP contribution in [0.2, 0.25) is 0 Å². The van der Waals surface area contributed by atoms with Crippen LogP contribution < -0.4 is 26.0 Å². The Balaban J connectivity index is 1.09. The van der Waals surface area contributed by atoms with Crippen LogP contribution >= 0.6 is 0 Å². The summed E-state index contributed by atoms with van der Waals surface area (Å²) in [6.45, 7) is 2.66. The molecule has 0 saturated carbocycles. The molecule has 2 aliphatic rings. The van der Waals surface area contributed by atoms with Crippen molar-refractivity contribution in [3.63, 3.8) is 0 Å². The number of carbonyl (C=O) groups is 5. The number of methoxy groups -OCH3 is 1. The number of benzene rings is 2. The Morgan fingerprint density at radius 3 is 2.66 bits per heavy atom. The van der Waals surface area contributed by atoms with E-state index in [1.165, 1.54) is 4.90 Å². The second-order valence-corrected chi connectivity index (χ2v) is 9.73. The molecular weight excluding hydrogens is 530 g/mol. The number of nitrogens with one attached hydrogen (secondary N) is 4. The normalized spacial score (nSPS) is 16.3. The maximum atomic E-state index is 12.9. The maximum absolute atomic E-state index is 12.9. The first kappa shape index (κ1) is 29.7. The number of anilines is 1. The van der Waals surface area contributed by atoms with E-state index in [0.717, 1.165) is 0 Å². The first-order valence-electron chi connectivity index (χ1n) is 13.6. The van der Waals surface area contributed by atoms with Gasteiger partial charge in [0.1, 0.15) is 11.8 Å². The van der Waals surface area contributed by atoms with E-state index in [-0.39, 0.29) is 43.0 Å². The highest BCUT2D eigenvalue weighted by molar-refractivity contribution is 6.06. The summed E-state index contributed by atoms with van der Waals surface area (Å²) >= 11 is 0. The summed E-state index contributed by atoms with van der Waals surface area (Å²) in [5, 5.41) is 11.2. The van der Waals surface area contributed by atoms with Crippen LogP contribution in [0.1, 0.15) is 52.0 Å². The summed E-state index contributed by atoms with van der Waals surface area (Å²) in [4.78, 5) is 62.9. The van der Waals surface area contributed by atoms with Gasteiger partial charge in [0, 0.05) is 54.9 Å². The molecule has 2 heterocycles. The molecule has 0 aliphatic carbocycles. The zero-order chi connectivity index (χ0) is 29.2. The first-order valence-corrected chi connectivity index (χ1v) is 13.6. The molecule has 0 bridgehead atoms. The van der Waals surface area contributed by atoms with Crippen molar-refractivity contribution in [3.05, 3.63) is 59.2 Å². The van der Waals surface area contributed by atoms with E-state index >= 15 is 0 Å². The molecule has 2 aromatic carbocycles. The van der Waals surface area contributed by atoms with E-state index in [2.05, 4.69) is 21.3 Å². The van der Waals surface area contributed by atoms with Gasteiger partial charge in [0.05, 0.1) is 20.3 Å². The molecule has 4 N–H and O–H groups in total. The molecule has 2 aromatic rings. The van der Waals surface area contributed by atoms with Gasteiger partial charge in [-0.05, 0) is 49.7 Å². The number of piperidine rings is 1. The average Bonchev–Trinajstić information content (AvgIpc) is 3.30. The summed E-state index contributed by atoms with van der Waals surface area (Å²) < 4.78 is 10.7. The highest BCUT2D eigenvalue weighted by Crippen LogP contribution is 2.32. The van der Waals surface area contributed by atoms with E-state index in [9.17, 15) is 24.0 Å². The topological polar surface area (TPSA) is 155 Å². The van der Waals surface area contributed by atoms with Gasteiger partial charge in [0.25, 0.3) is 11.8 Å². The summed E-state index contributed by atoms with van der Waals surface area (Å²) in [5.74, 6) is -0.830. The second-order valence-electron chi connectivity index (χ2n) is 9.73. The summed E-state index contributed by atoms with van der Waals surface area (Å²) in [6.07, 6.45) is 1.37. The van der Waals surface area contributed by atoms with Crippen molar-refractivity contribution < 1.29 is 33.4 Å². The fourth-order valence-corrected chi connectivity index (χ4v) is 4.76. The van der Waals surface area contributed by atoms with Crippen LogP contribution in [0.3, 0.4) is 0 Å². The molecule has 2 aliphatic heterocycles. The van der Waals surface area contributed by atoms with Crippen LogP contribution in [0.15, 0.2) is 42.5 Å². The monoisotopic (exact) mass is 565 g/mol. The number of rotatable bonds is 14. The van der Waals surface area contributed by atoms with Crippen LogP contribution in [0.4, 0.5) is 5.69 Å². The minimum atomic E-state index is -0.705. The third-order valence-electron chi connectivity index (χ3n) is 6.90. The zero-order valence-corrected chi connectivity index (χ0v) is 23.0. The van der Waals surface area contributed by atoms with Gasteiger partial charge in [0.15, 0.2) is 0 Å². The van der Waals surface area contributed by atoms with Crippen LogP contribution in [-0.2, 0) is 25.7 Å². The van der Waals surface area contributed by atoms with Crippen molar-refractivity contribution in [2.45, 2.75) is 38.3 Å². The second kappa shape index (κ2) is 14.4. The number of nitrogens with zero attached hydrogens (tertiary/aromatic N) is 1. The quantitative estimate of drug-likeness (QED) is 0.197. The number of fused-ring (bicyclic) bond motifs is 1. The Hall–Kier alpha value is -4.29. The lowest BCUT2D eigenvalue weighted by atomic mass is 10.0. The van der Waals surface area contributed by atoms with Crippen LogP contribution in [0.5, 0.6) is 5.75 Å². The van der Waals surface area contributed by atoms with Gasteiger partial charge in [0.2, 0.25) is 17.7 Å². The van der Waals surface area contributed by atoms with Crippen molar-refractivity contribution in [1.29, 1.82) is 0 Å². The van der Waals surface area contributed by atoms with Crippen molar-refractivity contribution in [2.24, 2.45) is 0 Å². The number of ether oxygens (including phenoxy) is 2. The lowest BCUT2D eigenvalue weighted by Gasteiger charge is -2.29. The number of hydrogen-bond donors (Lipinski definition) is 4. The van der Waals surface area contributed by atoms with Crippen LogP contribution in [0.25, 0.3) is 0 Å². The molecule has 1 fully saturated rings. The third-order valence-corrected chi connectivity index (χ3v) is 6.90. The predicted octanol–water partition coefficient (Wildman–Crippen LogP) is 1.21. The van der Waals surface area contributed by atoms with Crippen LogP contribution in [-0.4, -0.2) is 80.4 Å². The zero-order valence-electron chi connectivity index (χ0n) is 23.0. The molecule has 41 heavy (non-hydrogen) atoms. The number of hydrogen-bond acceptors (Lipinski definition) is 8. The van der Waals surface area contributed by atoms with Gasteiger partial charge in [-0.3, -0.25) is 29.3 Å². The van der Waals surface area contributed by atoms with Gasteiger partial charge in [-0.1, -0.05) is 12.1 Å². The van der Waals surface area contributed by atoms with Gasteiger partial charge in [-0.2, -0.15) is 0 Å². The lowest BCUT2D eigenvalue weighted by molar-refractivity contribution is -0.137. The largest absolute Gasteiger partial charge is 0.497 e. The van der Waals surface area contributed by atoms with E-state index in [4.69, 9.17) is 9.47 Å². The molecule has 0 spiro atoms. The molecule has 1 unspecified atom stereocenters. The van der Waals surface area contributed by atoms with Crippen molar-refractivity contribution in [2.75, 3.05) is 45.3 Å². The first-order chi connectivity index (χ1) is 19.9. The van der Waals surface area contributed by atoms with Gasteiger partial charge in [-0.25, -0.2) is 0 Å². The summed E-state index contributed by atoms with van der Waals surface area (Å²) in [5.41, 5.74) is 2.20. The lowest BCUT2D eigenvalue weighted by Crippen LogP contribution is -2.52. The van der Waals surface area contributed by atoms with Crippen molar-refractivity contribution >= 4 is 35.2 Å².